The maximum absolute atomic E-state index is 12.9. The zero-order chi connectivity index (χ0) is 19.8. The van der Waals surface area contributed by atoms with E-state index in [0.29, 0.717) is 17.3 Å². The summed E-state index contributed by atoms with van der Waals surface area (Å²) in [7, 11) is 0. The third-order valence-corrected chi connectivity index (χ3v) is 4.12. The number of hydrogen-bond acceptors (Lipinski definition) is 3. The van der Waals surface area contributed by atoms with Crippen molar-refractivity contribution in [2.75, 3.05) is 13.1 Å². The van der Waals surface area contributed by atoms with Crippen LogP contribution in [0.1, 0.15) is 19.4 Å². The molecule has 0 heterocycles. The molecular weight excluding hydrogens is 371 g/mol. The van der Waals surface area contributed by atoms with Gasteiger partial charge in [-0.15, -0.1) is 0 Å². The molecule has 0 saturated heterocycles. The largest absolute Gasteiger partial charge is 0.481 e. The number of nitrogens with one attached hydrogen (secondary N) is 1. The average Bonchev–Trinajstić information content (AvgIpc) is 2.65. The number of likely N-dealkylation sites (N-methyl/N-ethyl adjacent to an activating group) is 1. The van der Waals surface area contributed by atoms with Crippen LogP contribution in [0.2, 0.25) is 5.02 Å². The molecule has 7 heteroatoms. The van der Waals surface area contributed by atoms with Crippen LogP contribution < -0.4 is 10.1 Å². The Morgan fingerprint density at radius 2 is 1.93 bits per heavy atom. The Bertz CT molecular complexity index is 783. The Balaban J connectivity index is 1.87. The molecule has 0 fully saturated rings. The van der Waals surface area contributed by atoms with E-state index in [9.17, 15) is 14.0 Å². The van der Waals surface area contributed by atoms with Crippen molar-refractivity contribution >= 4 is 23.4 Å². The van der Waals surface area contributed by atoms with E-state index >= 15 is 0 Å². The van der Waals surface area contributed by atoms with Gasteiger partial charge in [0.25, 0.3) is 5.91 Å². The summed E-state index contributed by atoms with van der Waals surface area (Å²) in [6.45, 7) is 3.96. The summed E-state index contributed by atoms with van der Waals surface area (Å²) >= 11 is 5.91. The molecule has 0 aliphatic rings. The molecule has 0 aliphatic carbocycles. The maximum atomic E-state index is 12.9. The molecule has 2 rings (SSSR count). The molecule has 2 aromatic carbocycles. The second-order valence-corrected chi connectivity index (χ2v) is 6.41. The van der Waals surface area contributed by atoms with Crippen LogP contribution in [0.3, 0.4) is 0 Å². The van der Waals surface area contributed by atoms with E-state index in [1.807, 2.05) is 0 Å². The van der Waals surface area contributed by atoms with Gasteiger partial charge in [0.1, 0.15) is 11.6 Å². The number of rotatable bonds is 8. The Labute approximate surface area is 163 Å². The highest BCUT2D eigenvalue weighted by Gasteiger charge is 2.23. The van der Waals surface area contributed by atoms with Crippen LogP contribution in [0, 0.1) is 5.82 Å². The van der Waals surface area contributed by atoms with Crippen molar-refractivity contribution in [2.24, 2.45) is 0 Å². The highest BCUT2D eigenvalue weighted by molar-refractivity contribution is 6.30. The van der Waals surface area contributed by atoms with Gasteiger partial charge in [0.2, 0.25) is 5.91 Å². The van der Waals surface area contributed by atoms with Gasteiger partial charge in [0, 0.05) is 18.1 Å². The van der Waals surface area contributed by atoms with Gasteiger partial charge in [-0.3, -0.25) is 9.59 Å². The number of carbonyl (C=O) groups excluding carboxylic acids is 2. The number of hydrogen-bond donors (Lipinski definition) is 1. The molecule has 0 radical (unpaired) electrons. The molecule has 0 aliphatic heterocycles. The minimum absolute atomic E-state index is 0.0836. The van der Waals surface area contributed by atoms with Crippen LogP contribution >= 0.6 is 11.6 Å². The number of halogens is 2. The molecule has 0 aromatic heterocycles. The van der Waals surface area contributed by atoms with Crippen molar-refractivity contribution in [3.63, 3.8) is 0 Å². The van der Waals surface area contributed by atoms with Gasteiger partial charge in [-0.1, -0.05) is 29.8 Å². The summed E-state index contributed by atoms with van der Waals surface area (Å²) < 4.78 is 18.5. The highest BCUT2D eigenvalue weighted by atomic mass is 35.5. The third kappa shape index (κ3) is 6.57. The molecular formula is C20H22ClFN2O3. The van der Waals surface area contributed by atoms with Crippen LogP contribution in [0.5, 0.6) is 5.75 Å². The monoisotopic (exact) mass is 392 g/mol. The Kier molecular flexibility index (Phi) is 7.61. The number of benzene rings is 2. The predicted octanol–water partition coefficient (Wildman–Crippen LogP) is 3.41. The van der Waals surface area contributed by atoms with Crippen LogP contribution in [0.25, 0.3) is 0 Å². The molecule has 0 saturated carbocycles. The zero-order valence-corrected chi connectivity index (χ0v) is 16.0. The van der Waals surface area contributed by atoms with E-state index in [4.69, 9.17) is 16.3 Å². The molecule has 1 atom stereocenters. The van der Waals surface area contributed by atoms with Crippen LogP contribution in [-0.2, 0) is 16.1 Å². The third-order valence-electron chi connectivity index (χ3n) is 3.89. The molecule has 144 valence electrons. The summed E-state index contributed by atoms with van der Waals surface area (Å²) in [5.74, 6) is -0.444. The molecule has 0 unspecified atom stereocenters. The predicted molar refractivity (Wildman–Crippen MR) is 102 cm³/mol. The quantitative estimate of drug-likeness (QED) is 0.749. The molecule has 2 amide bonds. The Morgan fingerprint density at radius 3 is 2.56 bits per heavy atom. The summed E-state index contributed by atoms with van der Waals surface area (Å²) in [4.78, 5) is 26.1. The van der Waals surface area contributed by atoms with Crippen LogP contribution in [0.4, 0.5) is 4.39 Å². The van der Waals surface area contributed by atoms with Crippen molar-refractivity contribution < 1.29 is 18.7 Å². The standard InChI is InChI=1S/C20H22ClFN2O3/c1-3-24(13-19(25)23-12-15-7-9-17(22)10-8-15)20(26)14(2)27-18-6-4-5-16(21)11-18/h4-11,14H,3,12-13H2,1-2H3,(H,23,25)/t14-/m0/s1. The fourth-order valence-electron chi connectivity index (χ4n) is 2.43. The smallest absolute Gasteiger partial charge is 0.263 e. The van der Waals surface area contributed by atoms with Crippen molar-refractivity contribution in [1.82, 2.24) is 10.2 Å². The van der Waals surface area contributed by atoms with E-state index in [1.54, 1.807) is 50.2 Å². The number of ether oxygens (including phenoxy) is 1. The lowest BCUT2D eigenvalue weighted by molar-refractivity contribution is -0.141. The van der Waals surface area contributed by atoms with Crippen LogP contribution in [0.15, 0.2) is 48.5 Å². The number of amides is 2. The van der Waals surface area contributed by atoms with Gasteiger partial charge < -0.3 is 15.0 Å². The van der Waals surface area contributed by atoms with E-state index in [2.05, 4.69) is 5.32 Å². The minimum atomic E-state index is -0.756. The first kappa shape index (κ1) is 20.7. The second-order valence-electron chi connectivity index (χ2n) is 5.97. The molecule has 27 heavy (non-hydrogen) atoms. The van der Waals surface area contributed by atoms with Gasteiger partial charge in [0.05, 0.1) is 6.54 Å². The van der Waals surface area contributed by atoms with E-state index < -0.39 is 6.10 Å². The van der Waals surface area contributed by atoms with Gasteiger partial charge >= 0.3 is 0 Å². The summed E-state index contributed by atoms with van der Waals surface area (Å²) in [5.41, 5.74) is 0.775. The molecule has 0 bridgehead atoms. The molecule has 2 aromatic rings. The van der Waals surface area contributed by atoms with E-state index in [1.165, 1.54) is 17.0 Å². The van der Waals surface area contributed by atoms with Crippen molar-refractivity contribution in [2.45, 2.75) is 26.5 Å². The normalized spacial score (nSPS) is 11.6. The average molecular weight is 393 g/mol. The maximum Gasteiger partial charge on any atom is 0.263 e. The fourth-order valence-corrected chi connectivity index (χ4v) is 2.61. The lowest BCUT2D eigenvalue weighted by Gasteiger charge is -2.24. The lowest BCUT2D eigenvalue weighted by atomic mass is 10.2. The van der Waals surface area contributed by atoms with Crippen molar-refractivity contribution in [3.05, 3.63) is 64.9 Å². The lowest BCUT2D eigenvalue weighted by Crippen LogP contribution is -2.45. The summed E-state index contributed by atoms with van der Waals surface area (Å²) in [5, 5.41) is 3.23. The van der Waals surface area contributed by atoms with Crippen LogP contribution in [-0.4, -0.2) is 35.9 Å². The topological polar surface area (TPSA) is 58.6 Å². The first-order valence-electron chi connectivity index (χ1n) is 8.61. The first-order valence-corrected chi connectivity index (χ1v) is 8.99. The Hall–Kier alpha value is -2.60. The molecule has 1 N–H and O–H groups in total. The molecule has 0 spiro atoms. The van der Waals surface area contributed by atoms with E-state index in [-0.39, 0.29) is 30.7 Å². The zero-order valence-electron chi connectivity index (χ0n) is 15.2. The minimum Gasteiger partial charge on any atom is -0.481 e. The number of nitrogens with zero attached hydrogens (tertiary/aromatic N) is 1. The highest BCUT2D eigenvalue weighted by Crippen LogP contribution is 2.18. The second kappa shape index (κ2) is 9.92. The van der Waals surface area contributed by atoms with Gasteiger partial charge in [-0.25, -0.2) is 4.39 Å². The SMILES string of the molecule is CCN(CC(=O)NCc1ccc(F)cc1)C(=O)[C@H](C)Oc1cccc(Cl)c1. The fraction of sp³-hybridized carbons (Fsp3) is 0.300. The van der Waals surface area contributed by atoms with Gasteiger partial charge in [-0.2, -0.15) is 0 Å². The molecule has 5 nitrogen and oxygen atoms in total. The van der Waals surface area contributed by atoms with E-state index in [0.717, 1.165) is 5.56 Å². The van der Waals surface area contributed by atoms with Gasteiger partial charge in [-0.05, 0) is 49.7 Å². The summed E-state index contributed by atoms with van der Waals surface area (Å²) in [6.07, 6.45) is -0.756. The van der Waals surface area contributed by atoms with Crippen molar-refractivity contribution in [3.8, 4) is 5.75 Å². The first-order chi connectivity index (χ1) is 12.9. The van der Waals surface area contributed by atoms with Gasteiger partial charge in [0.15, 0.2) is 6.10 Å². The van der Waals surface area contributed by atoms with Crippen molar-refractivity contribution in [1.29, 1.82) is 0 Å². The Morgan fingerprint density at radius 1 is 1.22 bits per heavy atom. The summed E-state index contributed by atoms with van der Waals surface area (Å²) in [6, 6.07) is 12.6. The number of carbonyl (C=O) groups is 2.